The maximum absolute atomic E-state index is 11.1. The summed E-state index contributed by atoms with van der Waals surface area (Å²) in [7, 11) is 0. The van der Waals surface area contributed by atoms with Gasteiger partial charge in [-0.05, 0) is 39.0 Å². The second-order valence-corrected chi connectivity index (χ2v) is 5.18. The minimum absolute atomic E-state index is 0.0528. The Morgan fingerprint density at radius 1 is 1.43 bits per heavy atom. The van der Waals surface area contributed by atoms with Crippen molar-refractivity contribution in [3.8, 4) is 16.9 Å². The van der Waals surface area contributed by atoms with Crippen LogP contribution in [0.5, 0.6) is 5.75 Å². The van der Waals surface area contributed by atoms with E-state index in [0.717, 1.165) is 28.3 Å². The summed E-state index contributed by atoms with van der Waals surface area (Å²) in [6.45, 7) is 6.32. The summed E-state index contributed by atoms with van der Waals surface area (Å²) in [5, 5.41) is 5.00. The molecule has 0 saturated carbocycles. The number of nitrogens with zero attached hydrogens (tertiary/aromatic N) is 2. The highest BCUT2D eigenvalue weighted by Gasteiger charge is 2.18. The lowest BCUT2D eigenvalue weighted by molar-refractivity contribution is -0.118. The van der Waals surface area contributed by atoms with Gasteiger partial charge >= 0.3 is 0 Å². The van der Waals surface area contributed by atoms with Crippen LogP contribution in [-0.4, -0.2) is 22.3 Å². The summed E-state index contributed by atoms with van der Waals surface area (Å²) in [5.41, 5.74) is 8.70. The molecule has 1 heterocycles. The van der Waals surface area contributed by atoms with Crippen LogP contribution in [0.25, 0.3) is 11.1 Å². The highest BCUT2D eigenvalue weighted by molar-refractivity contribution is 6.31. The monoisotopic (exact) mass is 307 g/mol. The lowest BCUT2D eigenvalue weighted by Crippen LogP contribution is -2.20. The van der Waals surface area contributed by atoms with E-state index < -0.39 is 5.91 Å². The summed E-state index contributed by atoms with van der Waals surface area (Å²) in [6.07, 6.45) is 0. The number of nitrogens with two attached hydrogens (primary N) is 1. The Balaban J connectivity index is 2.58. The Hall–Kier alpha value is -2.01. The number of amides is 1. The predicted octanol–water partition coefficient (Wildman–Crippen LogP) is 2.70. The minimum atomic E-state index is -0.428. The zero-order valence-electron chi connectivity index (χ0n) is 12.3. The van der Waals surface area contributed by atoms with Crippen molar-refractivity contribution in [2.75, 3.05) is 6.61 Å². The number of aromatic nitrogens is 2. The number of benzene rings is 1. The highest BCUT2D eigenvalue weighted by Crippen LogP contribution is 2.36. The lowest BCUT2D eigenvalue weighted by Gasteiger charge is -2.11. The van der Waals surface area contributed by atoms with Gasteiger partial charge in [0.1, 0.15) is 12.3 Å². The van der Waals surface area contributed by atoms with Gasteiger partial charge in [-0.2, -0.15) is 5.10 Å². The van der Waals surface area contributed by atoms with Gasteiger partial charge in [-0.15, -0.1) is 0 Å². The first-order chi connectivity index (χ1) is 9.93. The second-order valence-electron chi connectivity index (χ2n) is 4.74. The molecule has 0 unspecified atom stereocenters. The van der Waals surface area contributed by atoms with Crippen LogP contribution in [0.15, 0.2) is 18.2 Å². The number of aryl methyl sites for hydroxylation is 1. The first kappa shape index (κ1) is 15.4. The van der Waals surface area contributed by atoms with Gasteiger partial charge in [0.2, 0.25) is 5.91 Å². The first-order valence-corrected chi connectivity index (χ1v) is 7.06. The molecule has 2 rings (SSSR count). The topological polar surface area (TPSA) is 70.1 Å². The van der Waals surface area contributed by atoms with E-state index in [4.69, 9.17) is 22.1 Å². The SMILES string of the molecule is CCOc1ccc(Cl)cc1-c1c(C)nn(CC(N)=O)c1C. The fourth-order valence-electron chi connectivity index (χ4n) is 2.37. The molecule has 0 saturated heterocycles. The molecule has 0 aliphatic rings. The van der Waals surface area contributed by atoms with Gasteiger partial charge in [0.15, 0.2) is 0 Å². The van der Waals surface area contributed by atoms with Crippen molar-refractivity contribution >= 4 is 17.5 Å². The van der Waals surface area contributed by atoms with Crippen molar-refractivity contribution in [1.82, 2.24) is 9.78 Å². The summed E-state index contributed by atoms with van der Waals surface area (Å²) in [5.74, 6) is 0.315. The third-order valence-corrected chi connectivity index (χ3v) is 3.43. The number of ether oxygens (including phenoxy) is 1. The molecule has 5 nitrogen and oxygen atoms in total. The van der Waals surface area contributed by atoms with E-state index in [1.165, 1.54) is 0 Å². The van der Waals surface area contributed by atoms with Crippen LogP contribution < -0.4 is 10.5 Å². The van der Waals surface area contributed by atoms with Gasteiger partial charge in [0, 0.05) is 21.8 Å². The number of carbonyl (C=O) groups excluding carboxylic acids is 1. The molecule has 0 aliphatic carbocycles. The summed E-state index contributed by atoms with van der Waals surface area (Å²) in [4.78, 5) is 11.1. The molecule has 1 aromatic heterocycles. The molecular weight excluding hydrogens is 290 g/mol. The number of primary amides is 1. The van der Waals surface area contributed by atoms with Crippen LogP contribution in [0.4, 0.5) is 0 Å². The fourth-order valence-corrected chi connectivity index (χ4v) is 2.54. The average molecular weight is 308 g/mol. The smallest absolute Gasteiger partial charge is 0.239 e. The van der Waals surface area contributed by atoms with Gasteiger partial charge in [-0.25, -0.2) is 0 Å². The maximum Gasteiger partial charge on any atom is 0.239 e. The Morgan fingerprint density at radius 2 is 2.14 bits per heavy atom. The van der Waals surface area contributed by atoms with Crippen molar-refractivity contribution in [3.05, 3.63) is 34.6 Å². The highest BCUT2D eigenvalue weighted by atomic mass is 35.5. The number of hydrogen-bond acceptors (Lipinski definition) is 3. The molecule has 2 N–H and O–H groups in total. The standard InChI is InChI=1S/C15H18ClN3O2/c1-4-21-13-6-5-11(16)7-12(13)15-9(2)18-19(10(15)3)8-14(17)20/h5-7H,4,8H2,1-3H3,(H2,17,20). The molecule has 6 heteroatoms. The molecule has 0 bridgehead atoms. The molecule has 0 spiro atoms. The third-order valence-electron chi connectivity index (χ3n) is 3.20. The van der Waals surface area contributed by atoms with Crippen LogP contribution in [-0.2, 0) is 11.3 Å². The van der Waals surface area contributed by atoms with Crippen molar-refractivity contribution in [2.45, 2.75) is 27.3 Å². The average Bonchev–Trinajstić information content (AvgIpc) is 2.66. The van der Waals surface area contributed by atoms with Gasteiger partial charge in [-0.1, -0.05) is 11.6 Å². The molecule has 0 aliphatic heterocycles. The Kier molecular flexibility index (Phi) is 4.53. The maximum atomic E-state index is 11.1. The van der Waals surface area contributed by atoms with Gasteiger partial charge < -0.3 is 10.5 Å². The Bertz CT molecular complexity index is 680. The molecule has 21 heavy (non-hydrogen) atoms. The van der Waals surface area contributed by atoms with Crippen molar-refractivity contribution in [1.29, 1.82) is 0 Å². The van der Waals surface area contributed by atoms with Gasteiger partial charge in [0.05, 0.1) is 12.3 Å². The molecule has 1 amide bonds. The summed E-state index contributed by atoms with van der Waals surface area (Å²) in [6, 6.07) is 5.47. The Labute approximate surface area is 128 Å². The quantitative estimate of drug-likeness (QED) is 0.923. The van der Waals surface area contributed by atoms with Crippen LogP contribution >= 0.6 is 11.6 Å². The van der Waals surface area contributed by atoms with E-state index in [1.54, 1.807) is 10.7 Å². The van der Waals surface area contributed by atoms with Crippen LogP contribution in [0.2, 0.25) is 5.02 Å². The van der Waals surface area contributed by atoms with Crippen LogP contribution in [0.1, 0.15) is 18.3 Å². The third kappa shape index (κ3) is 3.19. The van der Waals surface area contributed by atoms with Crippen LogP contribution in [0.3, 0.4) is 0 Å². The second kappa shape index (κ2) is 6.18. The molecule has 0 radical (unpaired) electrons. The molecule has 1 aromatic carbocycles. The van der Waals surface area contributed by atoms with Crippen molar-refractivity contribution < 1.29 is 9.53 Å². The van der Waals surface area contributed by atoms with E-state index in [2.05, 4.69) is 5.10 Å². The van der Waals surface area contributed by atoms with Gasteiger partial charge in [-0.3, -0.25) is 9.48 Å². The molecule has 0 atom stereocenters. The molecule has 2 aromatic rings. The zero-order chi connectivity index (χ0) is 15.6. The molecule has 112 valence electrons. The number of carbonyl (C=O) groups is 1. The predicted molar refractivity (Wildman–Crippen MR) is 82.5 cm³/mol. The van der Waals surface area contributed by atoms with Crippen molar-refractivity contribution in [2.24, 2.45) is 5.73 Å². The molecule has 0 fully saturated rings. The van der Waals surface area contributed by atoms with Crippen molar-refractivity contribution in [3.63, 3.8) is 0 Å². The number of halogens is 1. The van der Waals surface area contributed by atoms with Crippen LogP contribution in [0, 0.1) is 13.8 Å². The van der Waals surface area contributed by atoms with E-state index in [-0.39, 0.29) is 6.54 Å². The van der Waals surface area contributed by atoms with Gasteiger partial charge in [0.25, 0.3) is 0 Å². The first-order valence-electron chi connectivity index (χ1n) is 6.69. The van der Waals surface area contributed by atoms with E-state index in [0.29, 0.717) is 11.6 Å². The van der Waals surface area contributed by atoms with E-state index in [1.807, 2.05) is 32.9 Å². The van der Waals surface area contributed by atoms with E-state index >= 15 is 0 Å². The summed E-state index contributed by atoms with van der Waals surface area (Å²) >= 11 is 6.11. The normalized spacial score (nSPS) is 10.7. The summed E-state index contributed by atoms with van der Waals surface area (Å²) < 4.78 is 7.26. The zero-order valence-corrected chi connectivity index (χ0v) is 13.1. The Morgan fingerprint density at radius 3 is 2.76 bits per heavy atom. The largest absolute Gasteiger partial charge is 0.493 e. The van der Waals surface area contributed by atoms with E-state index in [9.17, 15) is 4.79 Å². The minimum Gasteiger partial charge on any atom is -0.493 e. The number of hydrogen-bond donors (Lipinski definition) is 1. The molecular formula is C15H18ClN3O2. The lowest BCUT2D eigenvalue weighted by atomic mass is 10.0. The number of rotatable bonds is 5. The fraction of sp³-hybridized carbons (Fsp3) is 0.333.